The summed E-state index contributed by atoms with van der Waals surface area (Å²) in [5.41, 5.74) is 5.91. The van der Waals surface area contributed by atoms with Crippen LogP contribution in [0.5, 0.6) is 11.5 Å². The summed E-state index contributed by atoms with van der Waals surface area (Å²) < 4.78 is 56.5. The van der Waals surface area contributed by atoms with Gasteiger partial charge in [-0.15, -0.1) is 0 Å². The molecule has 0 aliphatic rings. The summed E-state index contributed by atoms with van der Waals surface area (Å²) in [6.07, 6.45) is -4.70. The zero-order chi connectivity index (χ0) is 25.0. The van der Waals surface area contributed by atoms with Gasteiger partial charge in [0.1, 0.15) is 17.7 Å². The van der Waals surface area contributed by atoms with Crippen LogP contribution in [-0.4, -0.2) is 36.9 Å². The van der Waals surface area contributed by atoms with Gasteiger partial charge in [-0.3, -0.25) is 0 Å². The van der Waals surface area contributed by atoms with Gasteiger partial charge >= 0.3 is 6.18 Å². The number of alkyl halides is 3. The Hall–Kier alpha value is -3.27. The van der Waals surface area contributed by atoms with Gasteiger partial charge in [-0.25, -0.2) is 9.97 Å². The standard InChI is InChI=1S/C24H29F3N4O3/c1-13(2)22(12-32-4)34-21-9-18-19(10-20(21)33-5)30-14(3)31-23(18)29-11-15-6-16(24(25,26)27)8-17(28)7-15/h6-10,13,22H,11-12,28H2,1-5H3,(H,29,30,31). The molecule has 0 amide bonds. The molecule has 1 unspecified atom stereocenters. The Morgan fingerprint density at radius 3 is 2.38 bits per heavy atom. The number of fused-ring (bicyclic) bond motifs is 1. The Kier molecular flexibility index (Phi) is 7.71. The number of hydrogen-bond donors (Lipinski definition) is 2. The van der Waals surface area contributed by atoms with Crippen molar-refractivity contribution in [1.29, 1.82) is 0 Å². The lowest BCUT2D eigenvalue weighted by Crippen LogP contribution is -2.28. The molecule has 0 aliphatic carbocycles. The number of anilines is 2. The number of benzene rings is 2. The Morgan fingerprint density at radius 1 is 1.03 bits per heavy atom. The summed E-state index contributed by atoms with van der Waals surface area (Å²) in [4.78, 5) is 8.93. The van der Waals surface area contributed by atoms with Crippen LogP contribution in [-0.2, 0) is 17.5 Å². The molecule has 10 heteroatoms. The van der Waals surface area contributed by atoms with E-state index in [0.717, 1.165) is 12.1 Å². The maximum atomic E-state index is 13.2. The van der Waals surface area contributed by atoms with Gasteiger partial charge in [-0.05, 0) is 42.7 Å². The molecule has 0 radical (unpaired) electrons. The van der Waals surface area contributed by atoms with Crippen molar-refractivity contribution in [3.63, 3.8) is 0 Å². The molecule has 0 fully saturated rings. The summed E-state index contributed by atoms with van der Waals surface area (Å²) in [7, 11) is 3.15. The molecule has 0 saturated carbocycles. The van der Waals surface area contributed by atoms with Gasteiger partial charge in [0.2, 0.25) is 0 Å². The molecule has 184 valence electrons. The van der Waals surface area contributed by atoms with E-state index in [1.807, 2.05) is 13.8 Å². The van der Waals surface area contributed by atoms with Crippen molar-refractivity contribution < 1.29 is 27.4 Å². The van der Waals surface area contributed by atoms with E-state index in [-0.39, 0.29) is 24.3 Å². The number of rotatable bonds is 9. The number of methoxy groups -OCH3 is 2. The highest BCUT2D eigenvalue weighted by molar-refractivity contribution is 5.91. The predicted molar refractivity (Wildman–Crippen MR) is 125 cm³/mol. The number of nitrogens with zero attached hydrogens (tertiary/aromatic N) is 2. The number of halogens is 3. The highest BCUT2D eigenvalue weighted by atomic mass is 19.4. The Balaban J connectivity index is 1.98. The molecule has 1 aromatic heterocycles. The number of aromatic nitrogens is 2. The molecule has 3 rings (SSSR count). The fourth-order valence-corrected chi connectivity index (χ4v) is 3.50. The maximum absolute atomic E-state index is 13.2. The summed E-state index contributed by atoms with van der Waals surface area (Å²) in [5.74, 6) is 2.12. The van der Waals surface area contributed by atoms with Gasteiger partial charge in [0.05, 0.1) is 24.8 Å². The van der Waals surface area contributed by atoms with Crippen molar-refractivity contribution in [2.75, 3.05) is 31.9 Å². The van der Waals surface area contributed by atoms with Crippen LogP contribution in [0.4, 0.5) is 24.7 Å². The van der Waals surface area contributed by atoms with E-state index in [9.17, 15) is 13.2 Å². The third-order valence-electron chi connectivity index (χ3n) is 5.25. The Bertz CT molecular complexity index is 1150. The minimum Gasteiger partial charge on any atom is -0.493 e. The van der Waals surface area contributed by atoms with Crippen molar-refractivity contribution in [2.24, 2.45) is 5.92 Å². The first-order chi connectivity index (χ1) is 16.0. The number of nitrogens with one attached hydrogen (secondary N) is 1. The number of nitrogens with two attached hydrogens (primary N) is 1. The second kappa shape index (κ2) is 10.3. The van der Waals surface area contributed by atoms with E-state index < -0.39 is 11.7 Å². The van der Waals surface area contributed by atoms with Crippen LogP contribution in [0, 0.1) is 12.8 Å². The summed E-state index contributed by atoms with van der Waals surface area (Å²) >= 11 is 0. The van der Waals surface area contributed by atoms with Gasteiger partial charge in [0.15, 0.2) is 11.5 Å². The number of ether oxygens (including phenoxy) is 3. The minimum absolute atomic E-state index is 0.0358. The van der Waals surface area contributed by atoms with Gasteiger partial charge in [0.25, 0.3) is 0 Å². The largest absolute Gasteiger partial charge is 0.493 e. The molecule has 1 atom stereocenters. The molecule has 0 aliphatic heterocycles. The smallest absolute Gasteiger partial charge is 0.416 e. The number of hydrogen-bond acceptors (Lipinski definition) is 7. The molecular weight excluding hydrogens is 449 g/mol. The van der Waals surface area contributed by atoms with Crippen molar-refractivity contribution in [3.05, 3.63) is 47.3 Å². The highest BCUT2D eigenvalue weighted by Crippen LogP contribution is 2.36. The lowest BCUT2D eigenvalue weighted by atomic mass is 10.1. The number of aryl methyl sites for hydroxylation is 1. The van der Waals surface area contributed by atoms with Crippen LogP contribution in [0.25, 0.3) is 10.9 Å². The van der Waals surface area contributed by atoms with Crippen molar-refractivity contribution >= 4 is 22.4 Å². The predicted octanol–water partition coefficient (Wildman–Crippen LogP) is 5.21. The first kappa shape index (κ1) is 25.4. The number of nitrogen functional groups attached to an aromatic ring is 1. The summed E-state index contributed by atoms with van der Waals surface area (Å²) in [6.45, 7) is 6.26. The molecule has 2 aromatic carbocycles. The fourth-order valence-electron chi connectivity index (χ4n) is 3.50. The normalized spacial score (nSPS) is 12.7. The summed E-state index contributed by atoms with van der Waals surface area (Å²) in [6, 6.07) is 6.98. The SMILES string of the molecule is COCC(Oc1cc2c(NCc3cc(N)cc(C(F)(F)F)c3)nc(C)nc2cc1OC)C(C)C. The molecule has 7 nitrogen and oxygen atoms in total. The Morgan fingerprint density at radius 2 is 1.76 bits per heavy atom. The molecule has 1 heterocycles. The monoisotopic (exact) mass is 478 g/mol. The Labute approximate surface area is 196 Å². The lowest BCUT2D eigenvalue weighted by Gasteiger charge is -2.23. The van der Waals surface area contributed by atoms with Crippen LogP contribution in [0.15, 0.2) is 30.3 Å². The van der Waals surface area contributed by atoms with Crippen LogP contribution in [0.3, 0.4) is 0 Å². The average Bonchev–Trinajstić information content (AvgIpc) is 2.75. The van der Waals surface area contributed by atoms with Crippen LogP contribution in [0.2, 0.25) is 0 Å². The minimum atomic E-state index is -4.49. The van der Waals surface area contributed by atoms with Crippen molar-refractivity contribution in [3.8, 4) is 11.5 Å². The third-order valence-corrected chi connectivity index (χ3v) is 5.25. The van der Waals surface area contributed by atoms with Gasteiger partial charge in [-0.2, -0.15) is 13.2 Å². The topological polar surface area (TPSA) is 91.5 Å². The second-order valence-electron chi connectivity index (χ2n) is 8.31. The fraction of sp³-hybridized carbons (Fsp3) is 0.417. The van der Waals surface area contributed by atoms with Crippen molar-refractivity contribution in [2.45, 2.75) is 39.6 Å². The van der Waals surface area contributed by atoms with Crippen LogP contribution >= 0.6 is 0 Å². The van der Waals surface area contributed by atoms with E-state index in [0.29, 0.717) is 46.2 Å². The lowest BCUT2D eigenvalue weighted by molar-refractivity contribution is -0.137. The van der Waals surface area contributed by atoms with Crippen LogP contribution < -0.4 is 20.5 Å². The van der Waals surface area contributed by atoms with E-state index in [2.05, 4.69) is 15.3 Å². The van der Waals surface area contributed by atoms with E-state index >= 15 is 0 Å². The highest BCUT2D eigenvalue weighted by Gasteiger charge is 2.31. The quantitative estimate of drug-likeness (QED) is 0.408. The average molecular weight is 479 g/mol. The summed E-state index contributed by atoms with van der Waals surface area (Å²) in [5, 5.41) is 3.76. The molecular formula is C24H29F3N4O3. The van der Waals surface area contributed by atoms with Crippen molar-refractivity contribution in [1.82, 2.24) is 9.97 Å². The molecule has 34 heavy (non-hydrogen) atoms. The van der Waals surface area contributed by atoms with Crippen LogP contribution in [0.1, 0.15) is 30.8 Å². The van der Waals surface area contributed by atoms with E-state index in [4.69, 9.17) is 19.9 Å². The molecule has 0 spiro atoms. The zero-order valence-electron chi connectivity index (χ0n) is 19.8. The second-order valence-corrected chi connectivity index (χ2v) is 8.31. The maximum Gasteiger partial charge on any atom is 0.416 e. The first-order valence-electron chi connectivity index (χ1n) is 10.7. The van der Waals surface area contributed by atoms with Gasteiger partial charge in [0, 0.05) is 30.8 Å². The molecule has 0 saturated heterocycles. The molecule has 0 bridgehead atoms. The molecule has 3 N–H and O–H groups in total. The van der Waals surface area contributed by atoms with E-state index in [1.165, 1.54) is 6.07 Å². The van der Waals surface area contributed by atoms with Gasteiger partial charge < -0.3 is 25.3 Å². The molecule has 3 aromatic rings. The van der Waals surface area contributed by atoms with E-state index in [1.54, 1.807) is 33.3 Å². The van der Waals surface area contributed by atoms with Gasteiger partial charge in [-0.1, -0.05) is 13.8 Å². The first-order valence-corrected chi connectivity index (χ1v) is 10.7. The zero-order valence-corrected chi connectivity index (χ0v) is 19.8. The third kappa shape index (κ3) is 5.99.